The molecule has 0 aliphatic carbocycles. The molecule has 0 saturated carbocycles. The third kappa shape index (κ3) is 8.10. The molecule has 2 heterocycles. The van der Waals surface area contributed by atoms with Crippen molar-refractivity contribution in [1.82, 2.24) is 25.2 Å². The van der Waals surface area contributed by atoms with E-state index >= 15 is 0 Å². The number of alkyl halides is 4. The molecular weight excluding hydrogens is 599 g/mol. The molecule has 9 nitrogen and oxygen atoms in total. The molecule has 0 radical (unpaired) electrons. The molecule has 3 N–H and O–H groups in total. The normalized spacial score (nSPS) is 11.3. The Morgan fingerprint density at radius 1 is 0.844 bits per heavy atom. The molecule has 0 atom stereocenters. The number of benzene rings is 3. The second-order valence-electron chi connectivity index (χ2n) is 9.73. The van der Waals surface area contributed by atoms with Crippen LogP contribution >= 0.6 is 0 Å². The Morgan fingerprint density at radius 2 is 1.53 bits per heavy atom. The van der Waals surface area contributed by atoms with E-state index in [1.54, 1.807) is 54.7 Å². The monoisotopic (exact) mass is 624 g/mol. The summed E-state index contributed by atoms with van der Waals surface area (Å²) in [5.41, 5.74) is 3.20. The standard InChI is InChI=1S/C31H25F5N6O3/c32-13-14-37-29(44)22-7-11-25(26(15-22)45-18-31(34,35)36)39-30-40-27-12-8-23(17-42(27)41-30)20-3-5-21(6-4-20)28(43)38-16-19-1-9-24(33)10-2-19/h1-12,15,17H,13-14,16,18H2,(H,37,44)(H,38,43)(H,39,41). The summed E-state index contributed by atoms with van der Waals surface area (Å²) in [6, 6.07) is 20.0. The maximum atomic E-state index is 13.1. The lowest BCUT2D eigenvalue weighted by Gasteiger charge is -2.14. The molecule has 5 aromatic rings. The van der Waals surface area contributed by atoms with Gasteiger partial charge in [0, 0.05) is 36.0 Å². The van der Waals surface area contributed by atoms with Gasteiger partial charge in [-0.15, -0.1) is 5.10 Å². The Balaban J connectivity index is 1.30. The predicted octanol–water partition coefficient (Wildman–Crippen LogP) is 5.85. The van der Waals surface area contributed by atoms with Crippen LogP contribution in [0.4, 0.5) is 33.6 Å². The summed E-state index contributed by atoms with van der Waals surface area (Å²) in [4.78, 5) is 29.1. The van der Waals surface area contributed by atoms with Crippen molar-refractivity contribution in [3.63, 3.8) is 0 Å². The van der Waals surface area contributed by atoms with Crippen molar-refractivity contribution in [2.75, 3.05) is 25.1 Å². The number of hydrogen-bond acceptors (Lipinski definition) is 6. The predicted molar refractivity (Wildman–Crippen MR) is 156 cm³/mol. The van der Waals surface area contributed by atoms with Gasteiger partial charge in [0.05, 0.1) is 5.69 Å². The molecule has 0 spiro atoms. The van der Waals surface area contributed by atoms with E-state index in [1.165, 1.54) is 28.8 Å². The van der Waals surface area contributed by atoms with Crippen molar-refractivity contribution in [3.05, 3.63) is 108 Å². The lowest BCUT2D eigenvalue weighted by molar-refractivity contribution is -0.153. The first-order valence-electron chi connectivity index (χ1n) is 13.5. The zero-order chi connectivity index (χ0) is 32.0. The van der Waals surface area contributed by atoms with Gasteiger partial charge in [-0.05, 0) is 65.7 Å². The Bertz CT molecular complexity index is 1810. The maximum absolute atomic E-state index is 13.1. The van der Waals surface area contributed by atoms with Crippen LogP contribution in [0.1, 0.15) is 26.3 Å². The number of carbonyl (C=O) groups excluding carboxylic acids is 2. The molecule has 232 valence electrons. The zero-order valence-corrected chi connectivity index (χ0v) is 23.4. The van der Waals surface area contributed by atoms with Crippen LogP contribution < -0.4 is 20.7 Å². The van der Waals surface area contributed by atoms with Crippen LogP contribution in [0.3, 0.4) is 0 Å². The number of pyridine rings is 1. The number of hydrogen-bond donors (Lipinski definition) is 3. The summed E-state index contributed by atoms with van der Waals surface area (Å²) >= 11 is 0. The van der Waals surface area contributed by atoms with E-state index in [9.17, 15) is 31.5 Å². The second kappa shape index (κ2) is 13.4. The number of carbonyl (C=O) groups is 2. The van der Waals surface area contributed by atoms with Gasteiger partial charge in [0.1, 0.15) is 18.2 Å². The minimum Gasteiger partial charge on any atom is -0.482 e. The third-order valence-corrected chi connectivity index (χ3v) is 6.44. The van der Waals surface area contributed by atoms with E-state index < -0.39 is 25.4 Å². The molecule has 2 amide bonds. The minimum atomic E-state index is -4.63. The molecule has 5 rings (SSSR count). The van der Waals surface area contributed by atoms with Crippen molar-refractivity contribution in [2.45, 2.75) is 12.7 Å². The Labute approximate surface area is 253 Å². The first-order valence-corrected chi connectivity index (χ1v) is 13.5. The van der Waals surface area contributed by atoms with Gasteiger partial charge < -0.3 is 20.7 Å². The third-order valence-electron chi connectivity index (χ3n) is 6.44. The van der Waals surface area contributed by atoms with E-state index in [0.29, 0.717) is 11.2 Å². The van der Waals surface area contributed by atoms with Crippen molar-refractivity contribution in [2.24, 2.45) is 0 Å². The van der Waals surface area contributed by atoms with Crippen LogP contribution in [0, 0.1) is 5.82 Å². The Kier molecular flexibility index (Phi) is 9.21. The number of amides is 2. The summed E-state index contributed by atoms with van der Waals surface area (Å²) < 4.78 is 70.6. The van der Waals surface area contributed by atoms with Gasteiger partial charge in [-0.25, -0.2) is 13.3 Å². The molecule has 0 bridgehead atoms. The topological polar surface area (TPSA) is 110 Å². The summed E-state index contributed by atoms with van der Waals surface area (Å²) in [6.07, 6.45) is -2.94. The van der Waals surface area contributed by atoms with Crippen LogP contribution in [-0.4, -0.2) is 52.4 Å². The number of nitrogens with one attached hydrogen (secondary N) is 3. The van der Waals surface area contributed by atoms with Gasteiger partial charge in [0.15, 0.2) is 12.3 Å². The van der Waals surface area contributed by atoms with E-state index in [0.717, 1.165) is 22.8 Å². The highest BCUT2D eigenvalue weighted by Gasteiger charge is 2.29. The fourth-order valence-electron chi connectivity index (χ4n) is 4.24. The summed E-state index contributed by atoms with van der Waals surface area (Å²) in [5.74, 6) is -1.55. The van der Waals surface area contributed by atoms with Gasteiger partial charge >= 0.3 is 6.18 Å². The number of fused-ring (bicyclic) bond motifs is 1. The molecular formula is C31H25F5N6O3. The molecule has 3 aromatic carbocycles. The van der Waals surface area contributed by atoms with Gasteiger partial charge in [-0.2, -0.15) is 18.2 Å². The molecule has 45 heavy (non-hydrogen) atoms. The average Bonchev–Trinajstić information content (AvgIpc) is 3.44. The zero-order valence-electron chi connectivity index (χ0n) is 23.4. The van der Waals surface area contributed by atoms with Crippen LogP contribution in [-0.2, 0) is 6.54 Å². The fourth-order valence-corrected chi connectivity index (χ4v) is 4.24. The van der Waals surface area contributed by atoms with E-state index in [-0.39, 0.29) is 47.8 Å². The number of ether oxygens (including phenoxy) is 1. The van der Waals surface area contributed by atoms with Crippen molar-refractivity contribution >= 4 is 29.1 Å². The molecule has 0 aliphatic rings. The van der Waals surface area contributed by atoms with E-state index in [2.05, 4.69) is 26.0 Å². The molecule has 2 aromatic heterocycles. The molecule has 0 aliphatic heterocycles. The van der Waals surface area contributed by atoms with Gasteiger partial charge in [0.25, 0.3) is 11.8 Å². The highest BCUT2D eigenvalue weighted by atomic mass is 19.4. The van der Waals surface area contributed by atoms with Crippen LogP contribution in [0.25, 0.3) is 16.8 Å². The first kappa shape index (κ1) is 30.9. The molecule has 0 saturated heterocycles. The number of nitrogens with zero attached hydrogens (tertiary/aromatic N) is 3. The largest absolute Gasteiger partial charge is 0.482 e. The lowest BCUT2D eigenvalue weighted by Crippen LogP contribution is -2.25. The molecule has 0 unspecified atom stereocenters. The lowest BCUT2D eigenvalue weighted by atomic mass is 10.1. The quantitative estimate of drug-likeness (QED) is 0.159. The van der Waals surface area contributed by atoms with Crippen molar-refractivity contribution < 1.29 is 36.3 Å². The minimum absolute atomic E-state index is 0.0184. The maximum Gasteiger partial charge on any atom is 0.422 e. The summed E-state index contributed by atoms with van der Waals surface area (Å²) in [5, 5.41) is 12.3. The average molecular weight is 625 g/mol. The summed E-state index contributed by atoms with van der Waals surface area (Å²) in [7, 11) is 0. The smallest absolute Gasteiger partial charge is 0.422 e. The van der Waals surface area contributed by atoms with Gasteiger partial charge in [-0.3, -0.25) is 9.59 Å². The number of halogens is 5. The Morgan fingerprint density at radius 3 is 2.24 bits per heavy atom. The van der Waals surface area contributed by atoms with Crippen LogP contribution in [0.2, 0.25) is 0 Å². The van der Waals surface area contributed by atoms with E-state index in [1.807, 2.05) is 0 Å². The Hall–Kier alpha value is -5.53. The van der Waals surface area contributed by atoms with Crippen LogP contribution in [0.5, 0.6) is 5.75 Å². The number of aromatic nitrogens is 3. The summed E-state index contributed by atoms with van der Waals surface area (Å²) in [6.45, 7) is -2.40. The van der Waals surface area contributed by atoms with Crippen molar-refractivity contribution in [1.29, 1.82) is 0 Å². The first-order chi connectivity index (χ1) is 21.6. The fraction of sp³-hybridized carbons (Fsp3) is 0.161. The second-order valence-corrected chi connectivity index (χ2v) is 9.73. The number of rotatable bonds is 11. The molecule has 0 fully saturated rings. The number of anilines is 2. The molecule has 14 heteroatoms. The SMILES string of the molecule is O=C(NCCF)c1ccc(Nc2nc3ccc(-c4ccc(C(=O)NCc5ccc(F)cc5)cc4)cn3n2)c(OCC(F)(F)F)c1. The van der Waals surface area contributed by atoms with Crippen molar-refractivity contribution in [3.8, 4) is 16.9 Å². The van der Waals surface area contributed by atoms with E-state index in [4.69, 9.17) is 4.74 Å². The van der Waals surface area contributed by atoms with Gasteiger partial charge in [0.2, 0.25) is 5.95 Å². The highest BCUT2D eigenvalue weighted by Crippen LogP contribution is 2.30. The highest BCUT2D eigenvalue weighted by molar-refractivity contribution is 5.95. The van der Waals surface area contributed by atoms with Gasteiger partial charge in [-0.1, -0.05) is 24.3 Å². The van der Waals surface area contributed by atoms with Crippen LogP contribution in [0.15, 0.2) is 85.1 Å².